The predicted octanol–water partition coefficient (Wildman–Crippen LogP) is 4.51. The zero-order chi connectivity index (χ0) is 19.1. The van der Waals surface area contributed by atoms with Crippen molar-refractivity contribution < 1.29 is 23.8 Å². The smallest absolute Gasteiger partial charge is 0.343 e. The Labute approximate surface area is 153 Å². The van der Waals surface area contributed by atoms with Crippen molar-refractivity contribution in [2.24, 2.45) is 5.92 Å². The molecule has 0 amide bonds. The molecule has 0 spiro atoms. The van der Waals surface area contributed by atoms with E-state index in [4.69, 9.17) is 14.2 Å². The summed E-state index contributed by atoms with van der Waals surface area (Å²) in [5.41, 5.74) is 0.835. The van der Waals surface area contributed by atoms with Crippen LogP contribution in [0.5, 0.6) is 11.5 Å². The van der Waals surface area contributed by atoms with Crippen LogP contribution in [-0.4, -0.2) is 24.6 Å². The molecule has 5 nitrogen and oxygen atoms in total. The van der Waals surface area contributed by atoms with Gasteiger partial charge in [0.1, 0.15) is 11.5 Å². The lowest BCUT2D eigenvalue weighted by atomic mass is 10.2. The lowest BCUT2D eigenvalue weighted by molar-refractivity contribution is 0.0459. The van der Waals surface area contributed by atoms with Gasteiger partial charge in [0.2, 0.25) is 0 Å². The summed E-state index contributed by atoms with van der Waals surface area (Å²) in [6.45, 7) is 8.18. The van der Waals surface area contributed by atoms with Gasteiger partial charge in [0.15, 0.2) is 0 Å². The van der Waals surface area contributed by atoms with Crippen molar-refractivity contribution in [3.8, 4) is 11.5 Å². The molecule has 0 saturated carbocycles. The molecular weight excluding hydrogens is 332 g/mol. The van der Waals surface area contributed by atoms with Crippen molar-refractivity contribution in [1.29, 1.82) is 0 Å². The maximum Gasteiger partial charge on any atom is 0.343 e. The molecule has 2 aromatic carbocycles. The number of hydrogen-bond donors (Lipinski definition) is 0. The molecule has 0 aromatic heterocycles. The normalized spacial score (nSPS) is 10.7. The highest BCUT2D eigenvalue weighted by Crippen LogP contribution is 2.18. The van der Waals surface area contributed by atoms with E-state index < -0.39 is 11.9 Å². The Kier molecular flexibility index (Phi) is 6.78. The van der Waals surface area contributed by atoms with E-state index in [1.165, 1.54) is 0 Å². The van der Waals surface area contributed by atoms with Gasteiger partial charge in [-0.3, -0.25) is 0 Å². The van der Waals surface area contributed by atoms with E-state index in [0.717, 1.165) is 0 Å². The van der Waals surface area contributed by atoms with Gasteiger partial charge >= 0.3 is 11.9 Å². The maximum absolute atomic E-state index is 12.2. The topological polar surface area (TPSA) is 61.8 Å². The number of ether oxygens (including phenoxy) is 3. The lowest BCUT2D eigenvalue weighted by Crippen LogP contribution is -2.11. The van der Waals surface area contributed by atoms with Crippen molar-refractivity contribution in [3.05, 3.63) is 59.7 Å². The summed E-state index contributed by atoms with van der Waals surface area (Å²) >= 11 is 0. The first-order valence-corrected chi connectivity index (χ1v) is 8.61. The Morgan fingerprint density at radius 1 is 0.769 bits per heavy atom. The Morgan fingerprint density at radius 2 is 1.27 bits per heavy atom. The van der Waals surface area contributed by atoms with Gasteiger partial charge in [0.05, 0.1) is 23.8 Å². The minimum absolute atomic E-state index is 0.0681. The Hall–Kier alpha value is -2.82. The van der Waals surface area contributed by atoms with E-state index >= 15 is 0 Å². The first-order chi connectivity index (χ1) is 12.3. The highest BCUT2D eigenvalue weighted by Gasteiger charge is 2.11. The first kappa shape index (κ1) is 19.5. The monoisotopic (exact) mass is 356 g/mol. The largest absolute Gasteiger partial charge is 0.491 e. The standard InChI is InChI=1S/C21H24O5/c1-14(2)13-24-20(22)16-5-11-19(12-6-16)26-21(23)17-7-9-18(10-8-17)25-15(3)4/h5-12,14-15H,13H2,1-4H3. The molecule has 26 heavy (non-hydrogen) atoms. The van der Waals surface area contributed by atoms with Crippen molar-refractivity contribution in [2.75, 3.05) is 6.61 Å². The minimum Gasteiger partial charge on any atom is -0.491 e. The molecule has 5 heteroatoms. The van der Waals surface area contributed by atoms with Gasteiger partial charge < -0.3 is 14.2 Å². The molecule has 0 bridgehead atoms. The van der Waals surface area contributed by atoms with Crippen LogP contribution in [0.2, 0.25) is 0 Å². The van der Waals surface area contributed by atoms with Gasteiger partial charge in [-0.2, -0.15) is 0 Å². The number of rotatable bonds is 7. The van der Waals surface area contributed by atoms with E-state index in [1.54, 1.807) is 48.5 Å². The molecule has 0 aliphatic heterocycles. The third kappa shape index (κ3) is 5.92. The van der Waals surface area contributed by atoms with Crippen LogP contribution in [0.1, 0.15) is 48.4 Å². The zero-order valence-electron chi connectivity index (χ0n) is 15.5. The summed E-state index contributed by atoms with van der Waals surface area (Å²) in [6.07, 6.45) is 0.0681. The molecule has 138 valence electrons. The summed E-state index contributed by atoms with van der Waals surface area (Å²) in [7, 11) is 0. The van der Waals surface area contributed by atoms with Crippen LogP contribution in [0.3, 0.4) is 0 Å². The number of esters is 2. The molecule has 0 fully saturated rings. The minimum atomic E-state index is -0.476. The molecule has 0 saturated heterocycles. The molecule has 0 aliphatic carbocycles. The molecule has 0 unspecified atom stereocenters. The summed E-state index contributed by atoms with van der Waals surface area (Å²) in [5.74, 6) is 0.462. The number of hydrogen-bond acceptors (Lipinski definition) is 5. The van der Waals surface area contributed by atoms with E-state index in [-0.39, 0.29) is 12.0 Å². The molecule has 0 aliphatic rings. The van der Waals surface area contributed by atoms with Gasteiger partial charge in [-0.05, 0) is 68.3 Å². The zero-order valence-corrected chi connectivity index (χ0v) is 15.5. The van der Waals surface area contributed by atoms with Gasteiger partial charge in [0, 0.05) is 0 Å². The SMILES string of the molecule is CC(C)COC(=O)c1ccc(OC(=O)c2ccc(OC(C)C)cc2)cc1. The molecule has 2 rings (SSSR count). The third-order valence-corrected chi connectivity index (χ3v) is 3.31. The lowest BCUT2D eigenvalue weighted by Gasteiger charge is -2.10. The highest BCUT2D eigenvalue weighted by atomic mass is 16.5. The third-order valence-electron chi connectivity index (χ3n) is 3.31. The van der Waals surface area contributed by atoms with Crippen LogP contribution < -0.4 is 9.47 Å². The Balaban J connectivity index is 1.95. The van der Waals surface area contributed by atoms with Crippen LogP contribution in [-0.2, 0) is 4.74 Å². The van der Waals surface area contributed by atoms with Crippen molar-refractivity contribution in [1.82, 2.24) is 0 Å². The van der Waals surface area contributed by atoms with E-state index in [1.807, 2.05) is 27.7 Å². The molecule has 0 atom stereocenters. The first-order valence-electron chi connectivity index (χ1n) is 8.61. The van der Waals surface area contributed by atoms with Crippen LogP contribution in [0.4, 0.5) is 0 Å². The van der Waals surface area contributed by atoms with Crippen LogP contribution in [0.15, 0.2) is 48.5 Å². The van der Waals surface area contributed by atoms with E-state index in [9.17, 15) is 9.59 Å². The fourth-order valence-electron chi connectivity index (χ4n) is 2.09. The van der Waals surface area contributed by atoms with E-state index in [0.29, 0.717) is 29.2 Å². The quantitative estimate of drug-likeness (QED) is 0.540. The summed E-state index contributed by atoms with van der Waals surface area (Å²) in [4.78, 5) is 24.1. The maximum atomic E-state index is 12.2. The molecule has 0 radical (unpaired) electrons. The highest BCUT2D eigenvalue weighted by molar-refractivity contribution is 5.92. The van der Waals surface area contributed by atoms with Crippen LogP contribution in [0.25, 0.3) is 0 Å². The number of carbonyl (C=O) groups excluding carboxylic acids is 2. The predicted molar refractivity (Wildman–Crippen MR) is 98.7 cm³/mol. The second-order valence-corrected chi connectivity index (χ2v) is 6.60. The van der Waals surface area contributed by atoms with Gasteiger partial charge in [0.25, 0.3) is 0 Å². The second kappa shape index (κ2) is 9.04. The molecule has 2 aromatic rings. The Morgan fingerprint density at radius 3 is 1.77 bits per heavy atom. The average Bonchev–Trinajstić information content (AvgIpc) is 2.60. The fraction of sp³-hybridized carbons (Fsp3) is 0.333. The summed E-state index contributed by atoms with van der Waals surface area (Å²) in [5, 5.41) is 0. The molecule has 0 heterocycles. The van der Waals surface area contributed by atoms with Crippen molar-refractivity contribution >= 4 is 11.9 Å². The number of carbonyl (C=O) groups is 2. The van der Waals surface area contributed by atoms with Crippen LogP contribution >= 0.6 is 0 Å². The number of benzene rings is 2. The average molecular weight is 356 g/mol. The fourth-order valence-corrected chi connectivity index (χ4v) is 2.09. The van der Waals surface area contributed by atoms with Gasteiger partial charge in [-0.1, -0.05) is 13.8 Å². The van der Waals surface area contributed by atoms with Crippen LogP contribution in [0, 0.1) is 5.92 Å². The van der Waals surface area contributed by atoms with Crippen molar-refractivity contribution in [3.63, 3.8) is 0 Å². The molecular formula is C21H24O5. The van der Waals surface area contributed by atoms with Gasteiger partial charge in [-0.25, -0.2) is 9.59 Å². The van der Waals surface area contributed by atoms with Crippen molar-refractivity contribution in [2.45, 2.75) is 33.8 Å². The van der Waals surface area contributed by atoms with E-state index in [2.05, 4.69) is 0 Å². The summed E-state index contributed by atoms with van der Waals surface area (Å²) in [6, 6.07) is 13.0. The molecule has 0 N–H and O–H groups in total. The second-order valence-electron chi connectivity index (χ2n) is 6.60. The Bertz CT molecular complexity index is 730. The summed E-state index contributed by atoms with van der Waals surface area (Å²) < 4.78 is 16.0. The van der Waals surface area contributed by atoms with Gasteiger partial charge in [-0.15, -0.1) is 0 Å².